The standard InChI is InChI=1S/C17H18FNO2/c1-11-4-6-15(12(2)8-11)19(3)10-17(21)14-9-13(18)5-7-16(14)20/h4-9,20H,10H2,1-3H3. The van der Waals surface area contributed by atoms with Crippen LogP contribution in [-0.4, -0.2) is 24.5 Å². The molecule has 0 aromatic heterocycles. The van der Waals surface area contributed by atoms with Crippen LogP contribution in [0.15, 0.2) is 36.4 Å². The normalized spacial score (nSPS) is 10.5. The van der Waals surface area contributed by atoms with Crippen molar-refractivity contribution in [2.24, 2.45) is 0 Å². The van der Waals surface area contributed by atoms with Gasteiger partial charge in [-0.2, -0.15) is 0 Å². The van der Waals surface area contributed by atoms with Crippen molar-refractivity contribution in [2.45, 2.75) is 13.8 Å². The first-order valence-electron chi connectivity index (χ1n) is 6.68. The number of anilines is 1. The molecule has 0 saturated carbocycles. The number of carbonyl (C=O) groups excluding carboxylic acids is 1. The Kier molecular flexibility index (Phi) is 4.26. The predicted octanol–water partition coefficient (Wildman–Crippen LogP) is 3.47. The van der Waals surface area contributed by atoms with Gasteiger partial charge in [-0.05, 0) is 43.7 Å². The smallest absolute Gasteiger partial charge is 0.185 e. The third kappa shape index (κ3) is 3.40. The highest BCUT2D eigenvalue weighted by molar-refractivity contribution is 6.01. The van der Waals surface area contributed by atoms with Crippen LogP contribution in [0, 0.1) is 19.7 Å². The molecule has 3 nitrogen and oxygen atoms in total. The van der Waals surface area contributed by atoms with E-state index in [1.165, 1.54) is 6.07 Å². The number of phenols is 1. The number of ketones is 1. The van der Waals surface area contributed by atoms with Gasteiger partial charge >= 0.3 is 0 Å². The van der Waals surface area contributed by atoms with Crippen molar-refractivity contribution >= 4 is 11.5 Å². The maximum atomic E-state index is 13.2. The molecule has 0 aliphatic rings. The first kappa shape index (κ1) is 15.0. The van der Waals surface area contributed by atoms with Gasteiger partial charge in [0.1, 0.15) is 11.6 Å². The summed E-state index contributed by atoms with van der Waals surface area (Å²) in [7, 11) is 1.80. The summed E-state index contributed by atoms with van der Waals surface area (Å²) in [6, 6.07) is 9.34. The molecule has 0 aliphatic heterocycles. The van der Waals surface area contributed by atoms with Gasteiger partial charge in [-0.25, -0.2) is 4.39 Å². The Labute approximate surface area is 123 Å². The number of rotatable bonds is 4. The van der Waals surface area contributed by atoms with Gasteiger partial charge in [0.2, 0.25) is 0 Å². The van der Waals surface area contributed by atoms with E-state index in [1.807, 2.05) is 32.0 Å². The Bertz CT molecular complexity index is 682. The molecule has 2 rings (SSSR count). The summed E-state index contributed by atoms with van der Waals surface area (Å²) in [5.41, 5.74) is 3.16. The van der Waals surface area contributed by atoms with Gasteiger partial charge in [0.25, 0.3) is 0 Å². The third-order valence-electron chi connectivity index (χ3n) is 3.40. The number of benzene rings is 2. The van der Waals surface area contributed by atoms with Gasteiger partial charge < -0.3 is 10.0 Å². The number of aryl methyl sites for hydroxylation is 2. The fraction of sp³-hybridized carbons (Fsp3) is 0.235. The number of Topliss-reactive ketones (excluding diaryl/α,β-unsaturated/α-hetero) is 1. The largest absolute Gasteiger partial charge is 0.507 e. The summed E-state index contributed by atoms with van der Waals surface area (Å²) in [4.78, 5) is 14.0. The second-order valence-electron chi connectivity index (χ2n) is 5.23. The molecular weight excluding hydrogens is 269 g/mol. The minimum Gasteiger partial charge on any atom is -0.507 e. The van der Waals surface area contributed by atoms with Crippen LogP contribution < -0.4 is 4.90 Å². The molecule has 0 saturated heterocycles. The molecule has 2 aromatic carbocycles. The van der Waals surface area contributed by atoms with Gasteiger partial charge in [-0.15, -0.1) is 0 Å². The Balaban J connectivity index is 2.20. The summed E-state index contributed by atoms with van der Waals surface area (Å²) in [5, 5.41) is 9.67. The van der Waals surface area contributed by atoms with E-state index in [-0.39, 0.29) is 23.6 Å². The van der Waals surface area contributed by atoms with Crippen LogP contribution in [0.4, 0.5) is 10.1 Å². The lowest BCUT2D eigenvalue weighted by molar-refractivity contribution is 0.0997. The van der Waals surface area contributed by atoms with E-state index < -0.39 is 5.82 Å². The topological polar surface area (TPSA) is 40.5 Å². The molecule has 110 valence electrons. The number of phenolic OH excluding ortho intramolecular Hbond substituents is 1. The molecule has 0 aliphatic carbocycles. The molecule has 0 bridgehead atoms. The van der Waals surface area contributed by atoms with E-state index in [4.69, 9.17) is 0 Å². The van der Waals surface area contributed by atoms with E-state index in [2.05, 4.69) is 0 Å². The second kappa shape index (κ2) is 5.95. The molecule has 4 heteroatoms. The molecular formula is C17H18FNO2. The highest BCUT2D eigenvalue weighted by atomic mass is 19.1. The molecule has 21 heavy (non-hydrogen) atoms. The van der Waals surface area contributed by atoms with Crippen molar-refractivity contribution in [3.63, 3.8) is 0 Å². The lowest BCUT2D eigenvalue weighted by Crippen LogP contribution is -2.26. The van der Waals surface area contributed by atoms with E-state index in [0.29, 0.717) is 0 Å². The van der Waals surface area contributed by atoms with Crippen molar-refractivity contribution in [1.29, 1.82) is 0 Å². The zero-order chi connectivity index (χ0) is 15.6. The fourth-order valence-corrected chi connectivity index (χ4v) is 2.35. The number of nitrogens with zero attached hydrogens (tertiary/aromatic N) is 1. The maximum Gasteiger partial charge on any atom is 0.185 e. The van der Waals surface area contributed by atoms with E-state index in [9.17, 15) is 14.3 Å². The average molecular weight is 287 g/mol. The van der Waals surface area contributed by atoms with Gasteiger partial charge in [-0.3, -0.25) is 4.79 Å². The number of halogens is 1. The van der Waals surface area contributed by atoms with E-state index >= 15 is 0 Å². The summed E-state index contributed by atoms with van der Waals surface area (Å²) in [6.07, 6.45) is 0. The number of carbonyl (C=O) groups is 1. The van der Waals surface area contributed by atoms with Crippen molar-refractivity contribution in [1.82, 2.24) is 0 Å². The van der Waals surface area contributed by atoms with Crippen molar-refractivity contribution < 1.29 is 14.3 Å². The lowest BCUT2D eigenvalue weighted by Gasteiger charge is -2.21. The predicted molar refractivity (Wildman–Crippen MR) is 81.6 cm³/mol. The molecule has 1 N–H and O–H groups in total. The minimum absolute atomic E-state index is 0.00612. The van der Waals surface area contributed by atoms with Crippen LogP contribution in [0.25, 0.3) is 0 Å². The zero-order valence-corrected chi connectivity index (χ0v) is 12.4. The minimum atomic E-state index is -0.537. The highest BCUT2D eigenvalue weighted by Gasteiger charge is 2.15. The first-order valence-corrected chi connectivity index (χ1v) is 6.68. The number of hydrogen-bond donors (Lipinski definition) is 1. The molecule has 0 unspecified atom stereocenters. The second-order valence-corrected chi connectivity index (χ2v) is 5.23. The molecule has 0 fully saturated rings. The number of likely N-dealkylation sites (N-methyl/N-ethyl adjacent to an activating group) is 1. The third-order valence-corrected chi connectivity index (χ3v) is 3.40. The monoisotopic (exact) mass is 287 g/mol. The Morgan fingerprint density at radius 2 is 1.90 bits per heavy atom. The van der Waals surface area contributed by atoms with Crippen molar-refractivity contribution in [3.8, 4) is 5.75 Å². The van der Waals surface area contributed by atoms with Gasteiger partial charge in [0.15, 0.2) is 5.78 Å². The molecule has 2 aromatic rings. The van der Waals surface area contributed by atoms with Crippen LogP contribution in [0.2, 0.25) is 0 Å². The average Bonchev–Trinajstić information content (AvgIpc) is 2.41. The van der Waals surface area contributed by atoms with E-state index in [1.54, 1.807) is 11.9 Å². The first-order chi connectivity index (χ1) is 9.88. The summed E-state index contributed by atoms with van der Waals surface area (Å²) >= 11 is 0. The maximum absolute atomic E-state index is 13.2. The van der Waals surface area contributed by atoms with Crippen LogP contribution in [0.3, 0.4) is 0 Å². The molecule has 0 heterocycles. The SMILES string of the molecule is Cc1ccc(N(C)CC(=O)c2cc(F)ccc2O)c(C)c1. The van der Waals surface area contributed by atoms with Gasteiger partial charge in [0, 0.05) is 12.7 Å². The Morgan fingerprint density at radius 3 is 2.57 bits per heavy atom. The lowest BCUT2D eigenvalue weighted by atomic mass is 10.1. The Hall–Kier alpha value is -2.36. The van der Waals surface area contributed by atoms with Crippen molar-refractivity contribution in [2.75, 3.05) is 18.5 Å². The highest BCUT2D eigenvalue weighted by Crippen LogP contribution is 2.22. The van der Waals surface area contributed by atoms with Crippen LogP contribution in [0.5, 0.6) is 5.75 Å². The summed E-state index contributed by atoms with van der Waals surface area (Å²) in [6.45, 7) is 4.05. The molecule has 0 radical (unpaired) electrons. The van der Waals surface area contributed by atoms with Crippen LogP contribution in [0.1, 0.15) is 21.5 Å². The molecule has 0 spiro atoms. The fourth-order valence-electron chi connectivity index (χ4n) is 2.35. The van der Waals surface area contributed by atoms with Crippen molar-refractivity contribution in [3.05, 3.63) is 58.9 Å². The van der Waals surface area contributed by atoms with Gasteiger partial charge in [0.05, 0.1) is 12.1 Å². The quantitative estimate of drug-likeness (QED) is 0.875. The summed E-state index contributed by atoms with van der Waals surface area (Å²) in [5.74, 6) is -1.06. The van der Waals surface area contributed by atoms with Crippen LogP contribution in [-0.2, 0) is 0 Å². The molecule has 0 amide bonds. The Morgan fingerprint density at radius 1 is 1.19 bits per heavy atom. The van der Waals surface area contributed by atoms with Gasteiger partial charge in [-0.1, -0.05) is 17.7 Å². The molecule has 0 atom stereocenters. The van der Waals surface area contributed by atoms with Crippen LogP contribution >= 0.6 is 0 Å². The number of aromatic hydroxyl groups is 1. The zero-order valence-electron chi connectivity index (χ0n) is 12.4. The number of hydrogen-bond acceptors (Lipinski definition) is 3. The van der Waals surface area contributed by atoms with E-state index in [0.717, 1.165) is 28.9 Å². The summed E-state index contributed by atoms with van der Waals surface area (Å²) < 4.78 is 13.2.